The second kappa shape index (κ2) is 6.99. The van der Waals surface area contributed by atoms with Gasteiger partial charge in [0.25, 0.3) is 0 Å². The summed E-state index contributed by atoms with van der Waals surface area (Å²) in [6, 6.07) is 0. The Bertz CT molecular complexity index is 586. The monoisotopic (exact) mass is 358 g/mol. The number of aliphatic carboxylic acids is 1. The Morgan fingerprint density at radius 1 is 1.12 bits per heavy atom. The van der Waals surface area contributed by atoms with Crippen LogP contribution in [0.25, 0.3) is 0 Å². The lowest BCUT2D eigenvalue weighted by Crippen LogP contribution is -2.38. The normalized spacial score (nSPS) is 23.6. The molecule has 2 atom stereocenters. The van der Waals surface area contributed by atoms with Gasteiger partial charge in [0, 0.05) is 12.3 Å². The predicted molar refractivity (Wildman–Crippen MR) is 88.3 cm³/mol. The number of nitrogens with zero attached hydrogens (tertiary/aromatic N) is 1. The number of rotatable bonds is 3. The molecule has 2 amide bonds. The molecule has 142 valence electrons. The van der Waals surface area contributed by atoms with Crippen molar-refractivity contribution in [3.63, 3.8) is 0 Å². The number of alkyl carbamates (subject to hydrolysis) is 1. The maximum Gasteiger partial charge on any atom is 0.435 e. The van der Waals surface area contributed by atoms with Gasteiger partial charge < -0.3 is 19.7 Å². The second-order valence-corrected chi connectivity index (χ2v) is 8.00. The maximum absolute atomic E-state index is 11.9. The Hall–Kier alpha value is -2.16. The first-order valence-electron chi connectivity index (χ1n) is 7.89. The van der Waals surface area contributed by atoms with Crippen molar-refractivity contribution in [1.29, 1.82) is 0 Å². The molecule has 3 N–H and O–H groups in total. The van der Waals surface area contributed by atoms with Crippen molar-refractivity contribution >= 4 is 24.0 Å². The van der Waals surface area contributed by atoms with Crippen LogP contribution < -0.4 is 5.32 Å². The third kappa shape index (κ3) is 7.08. The number of hydrogen-bond donors (Lipinski definition) is 3. The Balaban J connectivity index is 2.86. The van der Waals surface area contributed by atoms with E-state index >= 15 is 0 Å². The van der Waals surface area contributed by atoms with E-state index in [1.807, 2.05) is 0 Å². The molecule has 0 aromatic rings. The Labute approximate surface area is 146 Å². The zero-order valence-electron chi connectivity index (χ0n) is 15.4. The summed E-state index contributed by atoms with van der Waals surface area (Å²) in [6.07, 6.45) is -1.88. The smallest absolute Gasteiger partial charge is 0.435 e. The van der Waals surface area contributed by atoms with Crippen molar-refractivity contribution < 1.29 is 34.1 Å². The molecule has 0 spiro atoms. The lowest BCUT2D eigenvalue weighted by Gasteiger charge is -2.21. The minimum Gasteiger partial charge on any atom is -0.479 e. The average molecular weight is 358 g/mol. The molecule has 9 nitrogen and oxygen atoms in total. The molecule has 0 heterocycles. The van der Waals surface area contributed by atoms with Gasteiger partial charge in [0.1, 0.15) is 17.0 Å². The highest BCUT2D eigenvalue weighted by atomic mass is 16.6. The van der Waals surface area contributed by atoms with E-state index in [0.717, 1.165) is 0 Å². The molecule has 1 rings (SSSR count). The highest BCUT2D eigenvalue weighted by Gasteiger charge is 2.59. The first-order chi connectivity index (χ1) is 11.1. The number of aliphatic hydroxyl groups is 1. The van der Waals surface area contributed by atoms with Crippen molar-refractivity contribution in [2.45, 2.75) is 71.2 Å². The van der Waals surface area contributed by atoms with Crippen LogP contribution in [0, 0.1) is 5.92 Å². The van der Waals surface area contributed by atoms with Crippen LogP contribution in [0.3, 0.4) is 0 Å². The van der Waals surface area contributed by atoms with Crippen molar-refractivity contribution in [3.8, 4) is 0 Å². The summed E-state index contributed by atoms with van der Waals surface area (Å²) in [5.41, 5.74) is -3.41. The van der Waals surface area contributed by atoms with E-state index in [0.29, 0.717) is 0 Å². The Kier molecular flexibility index (Phi) is 5.84. The Morgan fingerprint density at radius 3 is 2.04 bits per heavy atom. The maximum atomic E-state index is 11.9. The van der Waals surface area contributed by atoms with E-state index in [4.69, 9.17) is 14.6 Å². The number of carbonyl (C=O) groups excluding carboxylic acids is 2. The van der Waals surface area contributed by atoms with Crippen LogP contribution in [0.15, 0.2) is 4.99 Å². The van der Waals surface area contributed by atoms with Gasteiger partial charge in [-0.15, -0.1) is 0 Å². The van der Waals surface area contributed by atoms with E-state index in [1.165, 1.54) is 0 Å². The molecular weight excluding hydrogens is 332 g/mol. The summed E-state index contributed by atoms with van der Waals surface area (Å²) in [5, 5.41) is 21.1. The molecule has 9 heteroatoms. The number of carbonyl (C=O) groups is 3. The van der Waals surface area contributed by atoms with Gasteiger partial charge in [0.05, 0.1) is 0 Å². The number of carboxylic acid groups (broad SMARTS) is 1. The molecule has 0 bridgehead atoms. The summed E-state index contributed by atoms with van der Waals surface area (Å²) in [4.78, 5) is 38.4. The standard InChI is InChI=1S/C16H26N2O7/c1-14(2,3)24-12(21)17-10(18-13(22)25-15(4,5)6)7-9-8-16(9,23)11(19)20/h9,23H,7-8H2,1-6H3,(H,19,20)(H,17,18,21,22). The average Bonchev–Trinajstić information content (AvgIpc) is 2.95. The van der Waals surface area contributed by atoms with Crippen LogP contribution in [-0.2, 0) is 14.3 Å². The van der Waals surface area contributed by atoms with Gasteiger partial charge in [-0.05, 0) is 48.0 Å². The SMILES string of the molecule is CC(C)(C)OC(=O)/N=C(/CC1CC1(O)C(=O)O)NC(=O)OC(C)(C)C. The molecule has 0 aromatic carbocycles. The largest absolute Gasteiger partial charge is 0.479 e. The predicted octanol–water partition coefficient (Wildman–Crippen LogP) is 2.07. The fourth-order valence-corrected chi connectivity index (χ4v) is 1.99. The minimum atomic E-state index is -1.87. The van der Waals surface area contributed by atoms with Gasteiger partial charge in [0.15, 0.2) is 5.60 Å². The topological polar surface area (TPSA) is 135 Å². The summed E-state index contributed by atoms with van der Waals surface area (Å²) in [7, 11) is 0. The van der Waals surface area contributed by atoms with Gasteiger partial charge in [-0.3, -0.25) is 5.32 Å². The first-order valence-corrected chi connectivity index (χ1v) is 7.89. The lowest BCUT2D eigenvalue weighted by atomic mass is 10.2. The molecule has 1 saturated carbocycles. The van der Waals surface area contributed by atoms with Gasteiger partial charge in [-0.25, -0.2) is 14.4 Å². The molecule has 2 unspecified atom stereocenters. The summed E-state index contributed by atoms with van der Waals surface area (Å²) in [6.45, 7) is 9.98. The van der Waals surface area contributed by atoms with Crippen LogP contribution in [0.4, 0.5) is 9.59 Å². The number of nitrogens with one attached hydrogen (secondary N) is 1. The number of amides is 2. The minimum absolute atomic E-state index is 0.00563. The van der Waals surface area contributed by atoms with Gasteiger partial charge in [0.2, 0.25) is 0 Å². The van der Waals surface area contributed by atoms with E-state index in [2.05, 4.69) is 10.3 Å². The fraction of sp³-hybridized carbons (Fsp3) is 0.750. The third-order valence-electron chi connectivity index (χ3n) is 3.15. The molecule has 25 heavy (non-hydrogen) atoms. The molecule has 1 aliphatic rings. The van der Waals surface area contributed by atoms with Gasteiger partial charge >= 0.3 is 18.2 Å². The quantitative estimate of drug-likeness (QED) is 0.519. The lowest BCUT2D eigenvalue weighted by molar-refractivity contribution is -0.150. The van der Waals surface area contributed by atoms with Crippen molar-refractivity contribution in [1.82, 2.24) is 5.32 Å². The van der Waals surface area contributed by atoms with Crippen LogP contribution in [0.2, 0.25) is 0 Å². The zero-order chi connectivity index (χ0) is 19.6. The number of ether oxygens (including phenoxy) is 2. The van der Waals surface area contributed by atoms with E-state index in [1.54, 1.807) is 41.5 Å². The fourth-order valence-electron chi connectivity index (χ4n) is 1.99. The van der Waals surface area contributed by atoms with E-state index < -0.39 is 40.9 Å². The van der Waals surface area contributed by atoms with Crippen LogP contribution in [-0.4, -0.2) is 51.0 Å². The van der Waals surface area contributed by atoms with Crippen LogP contribution in [0.1, 0.15) is 54.4 Å². The molecule has 0 radical (unpaired) electrons. The molecular formula is C16H26N2O7. The summed E-state index contributed by atoms with van der Waals surface area (Å²) >= 11 is 0. The molecule has 1 aliphatic carbocycles. The van der Waals surface area contributed by atoms with Gasteiger partial charge in [-0.2, -0.15) is 4.99 Å². The molecule has 0 aromatic heterocycles. The number of carboxylic acids is 1. The third-order valence-corrected chi connectivity index (χ3v) is 3.15. The first kappa shape index (κ1) is 20.9. The number of hydrogen-bond acceptors (Lipinski definition) is 6. The van der Waals surface area contributed by atoms with E-state index in [9.17, 15) is 19.5 Å². The van der Waals surface area contributed by atoms with Gasteiger partial charge in [-0.1, -0.05) is 0 Å². The summed E-state index contributed by atoms with van der Waals surface area (Å²) < 4.78 is 10.1. The highest BCUT2D eigenvalue weighted by molar-refractivity contribution is 6.01. The van der Waals surface area contributed by atoms with Crippen molar-refractivity contribution in [2.75, 3.05) is 0 Å². The van der Waals surface area contributed by atoms with Crippen molar-refractivity contribution in [2.24, 2.45) is 10.9 Å². The van der Waals surface area contributed by atoms with Crippen LogP contribution in [0.5, 0.6) is 0 Å². The molecule has 0 saturated heterocycles. The molecule has 0 aliphatic heterocycles. The second-order valence-electron chi connectivity index (χ2n) is 8.00. The molecule has 1 fully saturated rings. The Morgan fingerprint density at radius 2 is 1.64 bits per heavy atom. The number of amidine groups is 1. The zero-order valence-corrected chi connectivity index (χ0v) is 15.4. The highest BCUT2D eigenvalue weighted by Crippen LogP contribution is 2.46. The summed E-state index contributed by atoms with van der Waals surface area (Å²) in [5.74, 6) is -2.14. The van der Waals surface area contributed by atoms with Crippen LogP contribution >= 0.6 is 0 Å². The number of aliphatic imine (C=N–C) groups is 1. The van der Waals surface area contributed by atoms with E-state index in [-0.39, 0.29) is 18.7 Å². The van der Waals surface area contributed by atoms with Crippen molar-refractivity contribution in [3.05, 3.63) is 0 Å².